The lowest BCUT2D eigenvalue weighted by Crippen LogP contribution is -2.29. The molecule has 0 aromatic heterocycles. The Hall–Kier alpha value is -3.14. The number of carbonyl (C=O) groups excluding carboxylic acids is 2. The third-order valence-corrected chi connectivity index (χ3v) is 3.67. The Bertz CT molecular complexity index is 821. The summed E-state index contributed by atoms with van der Waals surface area (Å²) in [7, 11) is 3.66. The van der Waals surface area contributed by atoms with Crippen molar-refractivity contribution in [2.45, 2.75) is 0 Å². The van der Waals surface area contributed by atoms with E-state index in [2.05, 4.69) is 0 Å². The summed E-state index contributed by atoms with van der Waals surface area (Å²) in [5.74, 6) is -0.606. The number of benzene rings is 2. The number of hydrogen-bond donors (Lipinski definition) is 0. The first-order chi connectivity index (χ1) is 11.6. The lowest BCUT2D eigenvalue weighted by molar-refractivity contribution is -0.119. The smallest absolute Gasteiger partial charge is 0.267 e. The quantitative estimate of drug-likeness (QED) is 0.645. The highest BCUT2D eigenvalue weighted by Crippen LogP contribution is 2.31. The maximum atomic E-state index is 12.9. The number of nitrogens with zero attached hydrogens (tertiary/aromatic N) is 2. The maximum absolute atomic E-state index is 12.9. The monoisotopic (exact) mass is 318 g/mol. The summed E-state index contributed by atoms with van der Waals surface area (Å²) >= 11 is 0. The van der Waals surface area contributed by atoms with Crippen molar-refractivity contribution in [1.29, 1.82) is 0 Å². The van der Waals surface area contributed by atoms with Gasteiger partial charge < -0.3 is 4.90 Å². The van der Waals surface area contributed by atoms with E-state index >= 15 is 0 Å². The van der Waals surface area contributed by atoms with Crippen LogP contribution in [0.2, 0.25) is 0 Å². The molecule has 1 fully saturated rings. The minimum absolute atomic E-state index is 0.303. The zero-order valence-electron chi connectivity index (χ0n) is 13.6. The first kappa shape index (κ1) is 15.7. The van der Waals surface area contributed by atoms with Gasteiger partial charge in [-0.15, -0.1) is 0 Å². The van der Waals surface area contributed by atoms with Gasteiger partial charge in [-0.1, -0.05) is 48.5 Å². The van der Waals surface area contributed by atoms with Crippen molar-refractivity contribution in [1.82, 2.24) is 4.90 Å². The Balaban J connectivity index is 2.11. The second kappa shape index (κ2) is 6.54. The summed E-state index contributed by atoms with van der Waals surface area (Å²) in [6, 6.07) is 18.5. The minimum Gasteiger partial charge on any atom is -0.383 e. The van der Waals surface area contributed by atoms with Gasteiger partial charge >= 0.3 is 0 Å². The topological polar surface area (TPSA) is 40.6 Å². The minimum atomic E-state index is -0.304. The molecule has 1 heterocycles. The Labute approximate surface area is 141 Å². The molecule has 0 N–H and O–H groups in total. The molecule has 0 atom stereocenters. The number of amides is 2. The van der Waals surface area contributed by atoms with E-state index in [1.54, 1.807) is 29.3 Å². The highest BCUT2D eigenvalue weighted by Gasteiger charge is 2.39. The fraction of sp³-hybridized carbons (Fsp3) is 0.100. The molecule has 0 aliphatic carbocycles. The average molecular weight is 318 g/mol. The lowest BCUT2D eigenvalue weighted by Gasteiger charge is -2.12. The van der Waals surface area contributed by atoms with Crippen molar-refractivity contribution in [3.05, 3.63) is 83.6 Å². The molecular formula is C20H18N2O2. The van der Waals surface area contributed by atoms with Gasteiger partial charge in [0.05, 0.1) is 16.8 Å². The van der Waals surface area contributed by atoms with Crippen LogP contribution in [-0.4, -0.2) is 30.8 Å². The van der Waals surface area contributed by atoms with Crippen LogP contribution in [0.4, 0.5) is 5.69 Å². The molecule has 3 rings (SSSR count). The number of imide groups is 1. The Kier molecular flexibility index (Phi) is 4.29. The lowest BCUT2D eigenvalue weighted by atomic mass is 10.1. The number of rotatable bonds is 3. The van der Waals surface area contributed by atoms with Crippen LogP contribution in [-0.2, 0) is 9.59 Å². The van der Waals surface area contributed by atoms with Crippen molar-refractivity contribution >= 4 is 23.6 Å². The van der Waals surface area contributed by atoms with E-state index in [1.165, 1.54) is 4.90 Å². The molecule has 1 aliphatic heterocycles. The second-order valence-corrected chi connectivity index (χ2v) is 5.76. The van der Waals surface area contributed by atoms with Gasteiger partial charge in [-0.2, -0.15) is 0 Å². The summed E-state index contributed by atoms with van der Waals surface area (Å²) < 4.78 is 0. The molecule has 1 saturated heterocycles. The molecule has 0 spiro atoms. The number of para-hydroxylation sites is 1. The zero-order chi connectivity index (χ0) is 17.1. The van der Waals surface area contributed by atoms with E-state index in [-0.39, 0.29) is 11.8 Å². The van der Waals surface area contributed by atoms with Gasteiger partial charge in [0.2, 0.25) is 0 Å². The van der Waals surface area contributed by atoms with Gasteiger partial charge in [-0.25, -0.2) is 4.90 Å². The predicted molar refractivity (Wildman–Crippen MR) is 95.1 cm³/mol. The summed E-state index contributed by atoms with van der Waals surface area (Å²) in [6.07, 6.45) is 3.45. The van der Waals surface area contributed by atoms with Crippen molar-refractivity contribution in [3.63, 3.8) is 0 Å². The molecule has 120 valence electrons. The molecule has 24 heavy (non-hydrogen) atoms. The van der Waals surface area contributed by atoms with E-state index < -0.39 is 0 Å². The molecule has 0 bridgehead atoms. The Morgan fingerprint density at radius 1 is 0.792 bits per heavy atom. The number of hydrogen-bond acceptors (Lipinski definition) is 3. The van der Waals surface area contributed by atoms with Crippen LogP contribution in [0.3, 0.4) is 0 Å². The zero-order valence-corrected chi connectivity index (χ0v) is 13.6. The van der Waals surface area contributed by atoms with Crippen LogP contribution in [0, 0.1) is 0 Å². The molecule has 1 aliphatic rings. The van der Waals surface area contributed by atoms with E-state index in [0.29, 0.717) is 16.8 Å². The van der Waals surface area contributed by atoms with Crippen molar-refractivity contribution < 1.29 is 9.59 Å². The standard InChI is InChI=1S/C20H18N2O2/c1-21(2)14-18-17(13-15-9-5-3-6-10-15)19(23)22(20(18)24)16-11-7-4-8-12-16/h3-14H,1-2H3. The van der Waals surface area contributed by atoms with Gasteiger partial charge in [-0.05, 0) is 23.8 Å². The highest BCUT2D eigenvalue weighted by atomic mass is 16.2. The SMILES string of the molecule is CN(C)C=C1C(=O)N(c2ccccc2)C(=O)C1=Cc1ccccc1. The molecule has 2 aromatic rings. The number of carbonyl (C=O) groups is 2. The number of anilines is 1. The van der Waals surface area contributed by atoms with Gasteiger partial charge in [0.15, 0.2) is 0 Å². The van der Waals surface area contributed by atoms with E-state index in [9.17, 15) is 9.59 Å². The third-order valence-electron chi connectivity index (χ3n) is 3.67. The first-order valence-electron chi connectivity index (χ1n) is 7.67. The van der Waals surface area contributed by atoms with Crippen LogP contribution in [0.15, 0.2) is 78.0 Å². The van der Waals surface area contributed by atoms with Crippen molar-refractivity contribution in [3.8, 4) is 0 Å². The molecule has 4 heteroatoms. The van der Waals surface area contributed by atoms with Gasteiger partial charge in [-0.3, -0.25) is 9.59 Å². The Morgan fingerprint density at radius 2 is 1.33 bits per heavy atom. The molecule has 0 radical (unpaired) electrons. The Morgan fingerprint density at radius 3 is 1.92 bits per heavy atom. The van der Waals surface area contributed by atoms with E-state index in [0.717, 1.165) is 5.56 Å². The van der Waals surface area contributed by atoms with Gasteiger partial charge in [0, 0.05) is 20.3 Å². The summed E-state index contributed by atoms with van der Waals surface area (Å²) in [5, 5.41) is 0. The fourth-order valence-electron chi connectivity index (χ4n) is 2.61. The van der Waals surface area contributed by atoms with Crippen LogP contribution in [0.1, 0.15) is 5.56 Å². The van der Waals surface area contributed by atoms with Crippen LogP contribution in [0.25, 0.3) is 6.08 Å². The molecular weight excluding hydrogens is 300 g/mol. The van der Waals surface area contributed by atoms with Crippen LogP contribution in [0.5, 0.6) is 0 Å². The first-order valence-corrected chi connectivity index (χ1v) is 7.67. The molecule has 0 unspecified atom stereocenters. The van der Waals surface area contributed by atoms with Gasteiger partial charge in [0.1, 0.15) is 0 Å². The highest BCUT2D eigenvalue weighted by molar-refractivity contribution is 6.38. The predicted octanol–water partition coefficient (Wildman–Crippen LogP) is 3.09. The molecule has 0 saturated carbocycles. The largest absolute Gasteiger partial charge is 0.383 e. The fourth-order valence-corrected chi connectivity index (χ4v) is 2.61. The molecule has 2 amide bonds. The second-order valence-electron chi connectivity index (χ2n) is 5.76. The maximum Gasteiger partial charge on any atom is 0.267 e. The normalized spacial score (nSPS) is 17.8. The van der Waals surface area contributed by atoms with Crippen LogP contribution >= 0.6 is 0 Å². The molecule has 2 aromatic carbocycles. The molecule has 4 nitrogen and oxygen atoms in total. The van der Waals surface area contributed by atoms with Gasteiger partial charge in [0.25, 0.3) is 11.8 Å². The van der Waals surface area contributed by atoms with Crippen molar-refractivity contribution in [2.24, 2.45) is 0 Å². The summed E-state index contributed by atoms with van der Waals surface area (Å²) in [6.45, 7) is 0. The summed E-state index contributed by atoms with van der Waals surface area (Å²) in [5.41, 5.74) is 2.27. The van der Waals surface area contributed by atoms with E-state index in [1.807, 2.05) is 62.6 Å². The van der Waals surface area contributed by atoms with Crippen molar-refractivity contribution in [2.75, 3.05) is 19.0 Å². The third kappa shape index (κ3) is 2.99. The average Bonchev–Trinajstić information content (AvgIpc) is 2.80. The van der Waals surface area contributed by atoms with Crippen LogP contribution < -0.4 is 4.90 Å². The summed E-state index contributed by atoms with van der Waals surface area (Å²) in [4.78, 5) is 28.7. The van der Waals surface area contributed by atoms with E-state index in [4.69, 9.17) is 0 Å².